The van der Waals surface area contributed by atoms with E-state index in [2.05, 4.69) is 0 Å². The highest BCUT2D eigenvalue weighted by Gasteiger charge is 2.67. The van der Waals surface area contributed by atoms with Gasteiger partial charge in [-0.1, -0.05) is 19.1 Å². The van der Waals surface area contributed by atoms with E-state index >= 15 is 4.11 Å². The van der Waals surface area contributed by atoms with E-state index in [0.717, 1.165) is 24.1 Å². The molecule has 5 atom stereocenters. The van der Waals surface area contributed by atoms with Crippen molar-refractivity contribution in [1.29, 1.82) is 0 Å². The number of likely N-dealkylation sites (tertiary alicyclic amines) is 1. The number of hydrogen-bond acceptors (Lipinski definition) is 7. The average molecular weight is 639 g/mol. The summed E-state index contributed by atoms with van der Waals surface area (Å²) >= 11 is 0. The first-order valence-corrected chi connectivity index (χ1v) is 18.6. The van der Waals surface area contributed by atoms with Gasteiger partial charge in [-0.2, -0.15) is 0 Å². The number of ether oxygens (including phenoxy) is 1. The predicted molar refractivity (Wildman–Crippen MR) is 167 cm³/mol. The minimum Gasteiger partial charge on any atom is -0.394 e. The van der Waals surface area contributed by atoms with Crippen molar-refractivity contribution in [3.63, 3.8) is 0 Å². The highest BCUT2D eigenvalue weighted by Crippen LogP contribution is 2.60. The SMILES string of the molecule is C[C@@H]1[C@@H]([Si](C)(C)F)[C@H](CC(=O)N2CCC[C@H]2CO)O[C@@]12C(=O)N(Cc1cccc(N3CCCC3=O)c1)c1ccc([N+](=O)[O-])cc12. The number of benzene rings is 2. The van der Waals surface area contributed by atoms with E-state index in [-0.39, 0.29) is 43.1 Å². The summed E-state index contributed by atoms with van der Waals surface area (Å²) in [7, 11) is -3.57. The molecular formula is C32H39FN4O7Si. The van der Waals surface area contributed by atoms with Crippen molar-refractivity contribution in [3.8, 4) is 0 Å². The lowest BCUT2D eigenvalue weighted by Crippen LogP contribution is -2.45. The maximum absolute atomic E-state index is 16.2. The van der Waals surface area contributed by atoms with Gasteiger partial charge in [0.2, 0.25) is 20.2 Å². The average Bonchev–Trinajstić information content (AvgIpc) is 3.76. The van der Waals surface area contributed by atoms with E-state index in [9.17, 15) is 29.6 Å². The van der Waals surface area contributed by atoms with Crippen LogP contribution in [0.3, 0.4) is 0 Å². The Bertz CT molecular complexity index is 1550. The van der Waals surface area contributed by atoms with E-state index in [1.165, 1.54) is 36.2 Å². The van der Waals surface area contributed by atoms with Gasteiger partial charge in [0.25, 0.3) is 11.6 Å². The van der Waals surface area contributed by atoms with Crippen molar-refractivity contribution in [2.24, 2.45) is 5.92 Å². The third-order valence-electron chi connectivity index (χ3n) is 10.1. The smallest absolute Gasteiger partial charge is 0.269 e. The summed E-state index contributed by atoms with van der Waals surface area (Å²) in [6.07, 6.45) is 1.60. The van der Waals surface area contributed by atoms with Gasteiger partial charge in [-0.3, -0.25) is 24.5 Å². The first kappa shape index (κ1) is 31.3. The number of carbonyl (C=O) groups is 3. The number of nitrogens with zero attached hydrogens (tertiary/aromatic N) is 4. The minimum absolute atomic E-state index is 0.0399. The number of aliphatic hydroxyl groups is 1. The Balaban J connectivity index is 1.39. The highest BCUT2D eigenvalue weighted by molar-refractivity contribution is 6.72. The van der Waals surface area contributed by atoms with Crippen LogP contribution in [0.25, 0.3) is 0 Å². The van der Waals surface area contributed by atoms with Crippen LogP contribution in [0.15, 0.2) is 42.5 Å². The highest BCUT2D eigenvalue weighted by atomic mass is 28.4. The molecule has 4 aliphatic rings. The summed E-state index contributed by atoms with van der Waals surface area (Å²) in [5.41, 5.74) is -0.479. The molecule has 2 aromatic rings. The van der Waals surface area contributed by atoms with Gasteiger partial charge in [-0.05, 0) is 56.1 Å². The second-order valence-corrected chi connectivity index (χ2v) is 17.0. The normalized spacial score (nSPS) is 28.1. The number of anilines is 2. The van der Waals surface area contributed by atoms with Gasteiger partial charge in [0.1, 0.15) is 0 Å². The van der Waals surface area contributed by atoms with E-state index in [1.54, 1.807) is 16.7 Å². The van der Waals surface area contributed by atoms with Crippen LogP contribution < -0.4 is 9.80 Å². The molecule has 13 heteroatoms. The summed E-state index contributed by atoms with van der Waals surface area (Å²) in [5, 5.41) is 21.7. The standard InChI is InChI=1S/C32H39FN4O7Si/c1-20-30(45(2,3)33)27(17-29(40)35-13-5-9-24(35)19-38)44-32(20)25-16-23(37(42)43)11-12-26(25)36(31(32)41)18-21-7-4-8-22(15-21)34-14-6-10-28(34)39/h4,7-8,11-12,15-16,20,24,27,30,38H,5-6,9-10,13-14,17-19H2,1-3H3/t20-,24+,27+,30-,32+/m1/s1. The first-order chi connectivity index (χ1) is 21.4. The molecule has 3 amide bonds. The fourth-order valence-electron chi connectivity index (χ4n) is 8.08. The van der Waals surface area contributed by atoms with Crippen LogP contribution in [0.2, 0.25) is 18.6 Å². The molecule has 4 aliphatic heterocycles. The first-order valence-electron chi connectivity index (χ1n) is 15.6. The fraction of sp³-hybridized carbons (Fsp3) is 0.531. The lowest BCUT2D eigenvalue weighted by atomic mass is 9.82. The molecule has 0 aromatic heterocycles. The number of non-ortho nitro benzene ring substituents is 1. The van der Waals surface area contributed by atoms with Gasteiger partial charge in [-0.25, -0.2) is 0 Å². The number of carbonyl (C=O) groups excluding carboxylic acids is 3. The van der Waals surface area contributed by atoms with E-state index in [1.807, 2.05) is 24.3 Å². The monoisotopic (exact) mass is 638 g/mol. The van der Waals surface area contributed by atoms with Gasteiger partial charge < -0.3 is 28.7 Å². The fourth-order valence-corrected chi connectivity index (χ4v) is 10.6. The molecule has 0 unspecified atom stereocenters. The molecule has 3 fully saturated rings. The van der Waals surface area contributed by atoms with E-state index in [0.29, 0.717) is 37.2 Å². The number of fused-ring (bicyclic) bond motifs is 2. The molecule has 4 heterocycles. The molecule has 11 nitrogen and oxygen atoms in total. The van der Waals surface area contributed by atoms with Crippen molar-refractivity contribution < 1.29 is 33.3 Å². The Morgan fingerprint density at radius 1 is 1.18 bits per heavy atom. The Morgan fingerprint density at radius 2 is 1.96 bits per heavy atom. The predicted octanol–water partition coefficient (Wildman–Crippen LogP) is 4.42. The molecule has 240 valence electrons. The number of amides is 3. The summed E-state index contributed by atoms with van der Waals surface area (Å²) in [6.45, 7) is 5.87. The Morgan fingerprint density at radius 3 is 2.62 bits per heavy atom. The van der Waals surface area contributed by atoms with Crippen LogP contribution in [-0.2, 0) is 31.3 Å². The number of aliphatic hydroxyl groups excluding tert-OH is 1. The lowest BCUT2D eigenvalue weighted by Gasteiger charge is -2.31. The number of nitro benzene ring substituents is 1. The largest absolute Gasteiger partial charge is 0.394 e. The van der Waals surface area contributed by atoms with Crippen LogP contribution in [0.5, 0.6) is 0 Å². The molecule has 1 spiro atoms. The second kappa shape index (κ2) is 11.6. The van der Waals surface area contributed by atoms with Crippen LogP contribution in [-0.4, -0.2) is 72.9 Å². The summed E-state index contributed by atoms with van der Waals surface area (Å²) < 4.78 is 22.8. The van der Waals surface area contributed by atoms with Crippen LogP contribution in [0, 0.1) is 16.0 Å². The molecule has 6 rings (SSSR count). The molecule has 0 saturated carbocycles. The Hall–Kier alpha value is -3.68. The van der Waals surface area contributed by atoms with Gasteiger partial charge in [0.15, 0.2) is 5.60 Å². The molecule has 2 aromatic carbocycles. The topological polar surface area (TPSA) is 134 Å². The van der Waals surface area contributed by atoms with E-state index in [4.69, 9.17) is 4.74 Å². The number of rotatable bonds is 8. The lowest BCUT2D eigenvalue weighted by molar-refractivity contribution is -0.385. The Labute approximate surface area is 262 Å². The minimum atomic E-state index is -3.57. The van der Waals surface area contributed by atoms with Crippen molar-refractivity contribution in [2.75, 3.05) is 29.5 Å². The zero-order valence-corrected chi connectivity index (χ0v) is 26.8. The van der Waals surface area contributed by atoms with Gasteiger partial charge in [-0.15, -0.1) is 0 Å². The van der Waals surface area contributed by atoms with Crippen LogP contribution in [0.1, 0.15) is 50.2 Å². The van der Waals surface area contributed by atoms with E-state index < -0.39 is 42.4 Å². The third-order valence-corrected chi connectivity index (χ3v) is 12.5. The number of halogens is 1. The van der Waals surface area contributed by atoms with Gasteiger partial charge in [0, 0.05) is 54.4 Å². The molecule has 45 heavy (non-hydrogen) atoms. The maximum atomic E-state index is 16.2. The van der Waals surface area contributed by atoms with Crippen molar-refractivity contribution >= 4 is 43.2 Å². The zero-order chi connectivity index (χ0) is 32.3. The summed E-state index contributed by atoms with van der Waals surface area (Å²) in [6, 6.07) is 11.3. The third kappa shape index (κ3) is 5.24. The molecule has 3 saturated heterocycles. The summed E-state index contributed by atoms with van der Waals surface area (Å²) in [4.78, 5) is 56.8. The van der Waals surface area contributed by atoms with Crippen molar-refractivity contribution in [1.82, 2.24) is 4.90 Å². The molecular weight excluding hydrogens is 599 g/mol. The quantitative estimate of drug-likeness (QED) is 0.196. The van der Waals surface area contributed by atoms with Crippen LogP contribution in [0.4, 0.5) is 21.2 Å². The van der Waals surface area contributed by atoms with Crippen molar-refractivity contribution in [2.45, 2.75) is 82.0 Å². The number of hydrogen-bond donors (Lipinski definition) is 1. The molecule has 0 radical (unpaired) electrons. The number of nitro groups is 1. The summed E-state index contributed by atoms with van der Waals surface area (Å²) in [5.74, 6) is -1.40. The van der Waals surface area contributed by atoms with Gasteiger partial charge in [0.05, 0.1) is 42.3 Å². The maximum Gasteiger partial charge on any atom is 0.269 e. The van der Waals surface area contributed by atoms with Crippen LogP contribution >= 0.6 is 0 Å². The zero-order valence-electron chi connectivity index (χ0n) is 25.8. The van der Waals surface area contributed by atoms with Crippen molar-refractivity contribution in [3.05, 3.63) is 63.7 Å². The molecule has 1 N–H and O–H groups in total. The van der Waals surface area contributed by atoms with Gasteiger partial charge >= 0.3 is 0 Å². The molecule has 0 aliphatic carbocycles. The molecule has 0 bridgehead atoms. The second-order valence-electron chi connectivity index (χ2n) is 13.2. The Kier molecular flexibility index (Phi) is 8.07.